The van der Waals surface area contributed by atoms with Crippen molar-refractivity contribution in [2.24, 2.45) is 4.99 Å². The summed E-state index contributed by atoms with van der Waals surface area (Å²) in [4.78, 5) is 19.6. The summed E-state index contributed by atoms with van der Waals surface area (Å²) in [6, 6.07) is 5.54. The number of carbonyl (C=O) groups is 1. The van der Waals surface area contributed by atoms with Gasteiger partial charge in [-0.3, -0.25) is 4.99 Å². The van der Waals surface area contributed by atoms with E-state index in [0.717, 1.165) is 38.1 Å². The van der Waals surface area contributed by atoms with Gasteiger partial charge in [-0.2, -0.15) is 4.33 Å². The van der Waals surface area contributed by atoms with Crippen molar-refractivity contribution >= 4 is 33.7 Å². The first-order chi connectivity index (χ1) is 15.4. The fourth-order valence-corrected chi connectivity index (χ4v) is 4.52. The van der Waals surface area contributed by atoms with Gasteiger partial charge < -0.3 is 20.5 Å². The molecular formula is C21H30N3O6S2-. The molecule has 0 spiro atoms. The lowest BCUT2D eigenvalue weighted by molar-refractivity contribution is -0.301. The minimum Gasteiger partial charge on any atom is -0.549 e. The van der Waals surface area contributed by atoms with E-state index in [2.05, 4.69) is 30.9 Å². The van der Waals surface area contributed by atoms with Gasteiger partial charge in [-0.15, -0.1) is 0 Å². The van der Waals surface area contributed by atoms with Gasteiger partial charge in [0.2, 0.25) is 0 Å². The topological polar surface area (TPSA) is 129 Å². The largest absolute Gasteiger partial charge is 0.549 e. The summed E-state index contributed by atoms with van der Waals surface area (Å²) in [7, 11) is -2.50. The van der Waals surface area contributed by atoms with Gasteiger partial charge >= 0.3 is 0 Å². The molecule has 3 rings (SSSR count). The van der Waals surface area contributed by atoms with Crippen molar-refractivity contribution < 1.29 is 27.5 Å². The van der Waals surface area contributed by atoms with Gasteiger partial charge in [0.25, 0.3) is 0 Å². The summed E-state index contributed by atoms with van der Waals surface area (Å²) in [5.41, 5.74) is 1.44. The fourth-order valence-electron chi connectivity index (χ4n) is 3.10. The van der Waals surface area contributed by atoms with E-state index < -0.39 is 21.6 Å². The fraction of sp³-hybridized carbons (Fsp3) is 0.524. The molecule has 1 aromatic rings. The summed E-state index contributed by atoms with van der Waals surface area (Å²) in [5.74, 6) is -1.45. The molecule has 0 atom stereocenters. The molecule has 0 radical (unpaired) electrons. The number of aliphatic carboxylic acids is 1. The summed E-state index contributed by atoms with van der Waals surface area (Å²) in [6.45, 7) is 3.29. The number of carboxylic acid groups (broad SMARTS) is 1. The highest BCUT2D eigenvalue weighted by atomic mass is 32.2. The van der Waals surface area contributed by atoms with Crippen molar-refractivity contribution in [3.8, 4) is 0 Å². The number of aliphatic imine (C=N–C) groups is 1. The van der Waals surface area contributed by atoms with Crippen LogP contribution in [0.3, 0.4) is 0 Å². The lowest BCUT2D eigenvalue weighted by Crippen LogP contribution is -2.30. The van der Waals surface area contributed by atoms with Gasteiger partial charge in [-0.1, -0.05) is 6.08 Å². The molecule has 0 aliphatic carbocycles. The zero-order valence-corrected chi connectivity index (χ0v) is 19.8. The van der Waals surface area contributed by atoms with Crippen molar-refractivity contribution in [3.05, 3.63) is 36.0 Å². The van der Waals surface area contributed by atoms with Crippen LogP contribution in [0.2, 0.25) is 0 Å². The average molecular weight is 485 g/mol. The van der Waals surface area contributed by atoms with Crippen LogP contribution in [0.5, 0.6) is 0 Å². The standard InChI is InChI=1S/C12H21N3.C9H10O6S2/c1-2-8-13-11(5-1)6-3-7-12-14-9-4-10-15-12;1-14-15-16-7-2-4-8(5-3-7)17(12,13)6-9(10)11/h5,13H,1-4,6-10H2,(H,14,15);2-5H,6H2,1H3,(H,10,11)/p-1. The number of allylic oxidation sites excluding steroid dienone is 2. The number of amidine groups is 1. The lowest BCUT2D eigenvalue weighted by atomic mass is 10.1. The molecule has 2 N–H and O–H groups in total. The van der Waals surface area contributed by atoms with E-state index in [0.29, 0.717) is 4.90 Å². The smallest absolute Gasteiger partial charge is 0.183 e. The van der Waals surface area contributed by atoms with Crippen molar-refractivity contribution in [2.75, 3.05) is 32.5 Å². The Morgan fingerprint density at radius 1 is 1.16 bits per heavy atom. The van der Waals surface area contributed by atoms with Gasteiger partial charge in [0, 0.05) is 36.6 Å². The SMILES string of the molecule is C1=C(CCCC2=NCCCN2)NCCC1.COOSc1ccc(S(=O)(=O)CC(=O)[O-])cc1. The molecule has 2 heterocycles. The molecular weight excluding hydrogens is 454 g/mol. The van der Waals surface area contributed by atoms with Crippen molar-refractivity contribution in [2.45, 2.75) is 48.3 Å². The Hall–Kier alpha value is -2.08. The quantitative estimate of drug-likeness (QED) is 0.289. The number of sulfone groups is 1. The van der Waals surface area contributed by atoms with Crippen molar-refractivity contribution in [1.29, 1.82) is 0 Å². The van der Waals surface area contributed by atoms with Gasteiger partial charge in [0.15, 0.2) is 9.84 Å². The normalized spacial score (nSPS) is 15.9. The molecule has 178 valence electrons. The van der Waals surface area contributed by atoms with Crippen LogP contribution in [0.1, 0.15) is 38.5 Å². The Balaban J connectivity index is 0.000000228. The first kappa shape index (κ1) is 26.2. The maximum absolute atomic E-state index is 11.5. The maximum atomic E-state index is 11.5. The monoisotopic (exact) mass is 484 g/mol. The molecule has 0 fully saturated rings. The molecule has 0 saturated carbocycles. The number of nitrogens with one attached hydrogen (secondary N) is 2. The Bertz CT molecular complexity index is 859. The number of hydrogen-bond donors (Lipinski definition) is 2. The molecule has 32 heavy (non-hydrogen) atoms. The van der Waals surface area contributed by atoms with Crippen LogP contribution >= 0.6 is 12.0 Å². The summed E-state index contributed by atoms with van der Waals surface area (Å²) >= 11 is 0.908. The van der Waals surface area contributed by atoms with E-state index in [4.69, 9.17) is 0 Å². The zero-order valence-electron chi connectivity index (χ0n) is 18.2. The highest BCUT2D eigenvalue weighted by molar-refractivity contribution is 7.94. The number of carbonyl (C=O) groups excluding carboxylic acids is 1. The predicted molar refractivity (Wildman–Crippen MR) is 122 cm³/mol. The number of benzene rings is 1. The Kier molecular flexibility index (Phi) is 11.6. The number of rotatable bonds is 10. The Labute approximate surface area is 193 Å². The van der Waals surface area contributed by atoms with E-state index >= 15 is 0 Å². The Morgan fingerprint density at radius 2 is 1.91 bits per heavy atom. The van der Waals surface area contributed by atoms with Gasteiger partial charge in [-0.25, -0.2) is 13.3 Å². The molecule has 9 nitrogen and oxygen atoms in total. The first-order valence-electron chi connectivity index (χ1n) is 10.5. The number of carboxylic acids is 1. The molecule has 0 amide bonds. The van der Waals surface area contributed by atoms with E-state index in [1.54, 1.807) is 0 Å². The van der Waals surface area contributed by atoms with Gasteiger partial charge in [-0.05, 0) is 56.4 Å². The van der Waals surface area contributed by atoms with Crippen LogP contribution in [-0.2, 0) is 23.9 Å². The second kappa shape index (κ2) is 14.1. The van der Waals surface area contributed by atoms with Crippen molar-refractivity contribution in [1.82, 2.24) is 10.6 Å². The van der Waals surface area contributed by atoms with Crippen LogP contribution in [-0.4, -0.2) is 52.7 Å². The van der Waals surface area contributed by atoms with Crippen molar-refractivity contribution in [3.63, 3.8) is 0 Å². The molecule has 2 aliphatic heterocycles. The van der Waals surface area contributed by atoms with Crippen LogP contribution in [0, 0.1) is 0 Å². The van der Waals surface area contributed by atoms with E-state index in [1.807, 2.05) is 0 Å². The molecule has 11 heteroatoms. The van der Waals surface area contributed by atoms with Crippen LogP contribution in [0.25, 0.3) is 0 Å². The average Bonchev–Trinajstić information content (AvgIpc) is 2.79. The molecule has 0 bridgehead atoms. The highest BCUT2D eigenvalue weighted by Crippen LogP contribution is 2.21. The van der Waals surface area contributed by atoms with Crippen LogP contribution < -0.4 is 15.7 Å². The maximum Gasteiger partial charge on any atom is 0.183 e. The Morgan fingerprint density at radius 3 is 2.50 bits per heavy atom. The first-order valence-corrected chi connectivity index (χ1v) is 12.9. The third-order valence-electron chi connectivity index (χ3n) is 4.64. The summed E-state index contributed by atoms with van der Waals surface area (Å²) < 4.78 is 27.5. The molecule has 1 aromatic carbocycles. The van der Waals surface area contributed by atoms with Crippen LogP contribution in [0.4, 0.5) is 0 Å². The summed E-state index contributed by atoms with van der Waals surface area (Å²) in [5, 5.41) is 17.1. The molecule has 0 saturated heterocycles. The van der Waals surface area contributed by atoms with E-state index in [9.17, 15) is 18.3 Å². The van der Waals surface area contributed by atoms with Gasteiger partial charge in [0.1, 0.15) is 0 Å². The number of nitrogens with zero attached hydrogens (tertiary/aromatic N) is 1. The molecule has 0 unspecified atom stereocenters. The van der Waals surface area contributed by atoms with E-state index in [-0.39, 0.29) is 4.90 Å². The van der Waals surface area contributed by atoms with Crippen LogP contribution in [0.15, 0.2) is 50.8 Å². The lowest BCUT2D eigenvalue weighted by Gasteiger charge is -2.17. The van der Waals surface area contributed by atoms with E-state index in [1.165, 1.54) is 75.0 Å². The van der Waals surface area contributed by atoms with Gasteiger partial charge in [0.05, 0.1) is 41.6 Å². The molecule has 0 aromatic heterocycles. The number of hydrogen-bond acceptors (Lipinski definition) is 10. The highest BCUT2D eigenvalue weighted by Gasteiger charge is 2.14. The predicted octanol–water partition coefficient (Wildman–Crippen LogP) is 1.61. The third-order valence-corrected chi connectivity index (χ3v) is 6.91. The second-order valence-corrected chi connectivity index (χ2v) is 9.94. The molecule has 2 aliphatic rings. The minimum atomic E-state index is -3.84. The summed E-state index contributed by atoms with van der Waals surface area (Å²) in [6.07, 6.45) is 9.58. The second-order valence-electron chi connectivity index (χ2n) is 7.18. The minimum absolute atomic E-state index is 0.0801. The third kappa shape index (κ3) is 10.0. The zero-order chi connectivity index (χ0) is 23.2.